The molecule has 142 valence electrons. The second kappa shape index (κ2) is 8.50. The van der Waals surface area contributed by atoms with E-state index < -0.39 is 5.82 Å². The van der Waals surface area contributed by atoms with Gasteiger partial charge in [0.1, 0.15) is 5.82 Å². The van der Waals surface area contributed by atoms with Crippen molar-refractivity contribution in [3.8, 4) is 0 Å². The number of nitrogens with zero attached hydrogens (tertiary/aromatic N) is 1. The van der Waals surface area contributed by atoms with E-state index in [0.717, 1.165) is 4.90 Å². The number of nitrogens with one attached hydrogen (secondary N) is 2. The van der Waals surface area contributed by atoms with Crippen LogP contribution >= 0.6 is 11.6 Å². The largest absolute Gasteiger partial charge is 0.327 e. The van der Waals surface area contributed by atoms with Gasteiger partial charge in [-0.1, -0.05) is 29.8 Å². The fourth-order valence-corrected chi connectivity index (χ4v) is 3.43. The van der Waals surface area contributed by atoms with Gasteiger partial charge in [-0.05, 0) is 37.3 Å². The summed E-state index contributed by atoms with van der Waals surface area (Å²) < 4.78 is 13.1. The van der Waals surface area contributed by atoms with Crippen molar-refractivity contribution in [2.24, 2.45) is 0 Å². The van der Waals surface area contributed by atoms with Gasteiger partial charge in [-0.15, -0.1) is 0 Å². The maximum atomic E-state index is 13.1. The minimum atomic E-state index is -0.448. The number of carbonyl (C=O) groups is 2. The van der Waals surface area contributed by atoms with Crippen LogP contribution in [0.25, 0.3) is 0 Å². The van der Waals surface area contributed by atoms with Gasteiger partial charge in [-0.2, -0.15) is 0 Å². The lowest BCUT2D eigenvalue weighted by molar-refractivity contribution is -0.917. The fourth-order valence-electron chi connectivity index (χ4n) is 3.21. The summed E-state index contributed by atoms with van der Waals surface area (Å²) in [5.74, 6) is -0.609. The number of hydrogen-bond acceptors (Lipinski definition) is 2. The molecular formula is C20H22ClFN3O2+. The highest BCUT2D eigenvalue weighted by atomic mass is 35.5. The SMILES string of the molecule is C[C@@H](C(=O)Nc1ccc(F)cc1Cl)[NH+]1CCN(C(=O)c2ccccc2)CC1. The van der Waals surface area contributed by atoms with Crippen LogP contribution in [0.4, 0.5) is 10.1 Å². The molecule has 1 aliphatic rings. The summed E-state index contributed by atoms with van der Waals surface area (Å²) in [7, 11) is 0. The topological polar surface area (TPSA) is 53.9 Å². The van der Waals surface area contributed by atoms with Crippen LogP contribution in [0.5, 0.6) is 0 Å². The van der Waals surface area contributed by atoms with E-state index in [0.29, 0.717) is 37.4 Å². The number of amides is 2. The smallest absolute Gasteiger partial charge is 0.282 e. The van der Waals surface area contributed by atoms with Gasteiger partial charge in [-0.25, -0.2) is 4.39 Å². The minimum absolute atomic E-state index is 0.0184. The van der Waals surface area contributed by atoms with Crippen molar-refractivity contribution >= 4 is 29.1 Å². The van der Waals surface area contributed by atoms with Crippen molar-refractivity contribution in [1.82, 2.24) is 4.90 Å². The summed E-state index contributed by atoms with van der Waals surface area (Å²) in [5.41, 5.74) is 1.07. The number of carbonyl (C=O) groups excluding carboxylic acids is 2. The number of anilines is 1. The molecular weight excluding hydrogens is 369 g/mol. The summed E-state index contributed by atoms with van der Waals surface area (Å²) in [6, 6.07) is 12.8. The average molecular weight is 391 g/mol. The van der Waals surface area contributed by atoms with E-state index in [1.807, 2.05) is 42.2 Å². The number of quaternary nitrogens is 1. The standard InChI is InChI=1S/C20H21ClFN3O2/c1-14(19(26)23-18-8-7-16(22)13-17(18)21)24-9-11-25(12-10-24)20(27)15-5-3-2-4-6-15/h2-8,13-14H,9-12H2,1H3,(H,23,26)/p+1/t14-/m0/s1. The zero-order valence-electron chi connectivity index (χ0n) is 15.0. The molecule has 0 unspecified atom stereocenters. The summed E-state index contributed by atoms with van der Waals surface area (Å²) in [4.78, 5) is 27.9. The van der Waals surface area contributed by atoms with Gasteiger partial charge in [0, 0.05) is 5.56 Å². The molecule has 1 aliphatic heterocycles. The van der Waals surface area contributed by atoms with Crippen LogP contribution in [-0.4, -0.2) is 48.9 Å². The van der Waals surface area contributed by atoms with Gasteiger partial charge in [0.2, 0.25) is 0 Å². The number of piperazine rings is 1. The maximum absolute atomic E-state index is 13.1. The number of halogens is 2. The third kappa shape index (κ3) is 4.64. The normalized spacial score (nSPS) is 16.0. The van der Waals surface area contributed by atoms with E-state index in [4.69, 9.17) is 11.6 Å². The molecule has 3 rings (SSSR count). The van der Waals surface area contributed by atoms with Crippen molar-refractivity contribution in [1.29, 1.82) is 0 Å². The molecule has 2 N–H and O–H groups in total. The number of hydrogen-bond donors (Lipinski definition) is 2. The van der Waals surface area contributed by atoms with Gasteiger partial charge in [0.05, 0.1) is 36.9 Å². The first-order chi connectivity index (χ1) is 13.0. The average Bonchev–Trinajstić information content (AvgIpc) is 2.69. The lowest BCUT2D eigenvalue weighted by Gasteiger charge is -2.34. The van der Waals surface area contributed by atoms with Gasteiger partial charge in [0.25, 0.3) is 11.8 Å². The quantitative estimate of drug-likeness (QED) is 0.837. The highest BCUT2D eigenvalue weighted by Crippen LogP contribution is 2.22. The second-order valence-corrected chi connectivity index (χ2v) is 7.06. The molecule has 1 saturated heterocycles. The summed E-state index contributed by atoms with van der Waals surface area (Å²) in [5, 5.41) is 2.93. The van der Waals surface area contributed by atoms with Gasteiger partial charge < -0.3 is 15.1 Å². The number of benzene rings is 2. The summed E-state index contributed by atoms with van der Waals surface area (Å²) >= 11 is 5.97. The molecule has 0 aliphatic carbocycles. The van der Waals surface area contributed by atoms with Gasteiger partial charge in [0.15, 0.2) is 6.04 Å². The molecule has 2 aromatic carbocycles. The van der Waals surface area contributed by atoms with E-state index in [2.05, 4.69) is 5.32 Å². The lowest BCUT2D eigenvalue weighted by Crippen LogP contribution is -3.19. The zero-order chi connectivity index (χ0) is 19.4. The first-order valence-electron chi connectivity index (χ1n) is 8.90. The predicted octanol–water partition coefficient (Wildman–Crippen LogP) is 1.85. The number of rotatable bonds is 4. The van der Waals surface area contributed by atoms with Crippen LogP contribution in [-0.2, 0) is 4.79 Å². The molecule has 2 aromatic rings. The fraction of sp³-hybridized carbons (Fsp3) is 0.300. The molecule has 2 amide bonds. The van der Waals surface area contributed by atoms with Crippen LogP contribution in [0, 0.1) is 5.82 Å². The molecule has 1 heterocycles. The Morgan fingerprint density at radius 2 is 1.81 bits per heavy atom. The van der Waals surface area contributed by atoms with Crippen molar-refractivity contribution in [2.45, 2.75) is 13.0 Å². The zero-order valence-corrected chi connectivity index (χ0v) is 15.8. The summed E-state index contributed by atoms with van der Waals surface area (Å²) in [6.45, 7) is 4.40. The third-order valence-electron chi connectivity index (χ3n) is 4.91. The van der Waals surface area contributed by atoms with Crippen molar-refractivity contribution in [3.05, 3.63) is 64.9 Å². The Balaban J connectivity index is 1.55. The molecule has 0 saturated carbocycles. The van der Waals surface area contributed by atoms with Crippen molar-refractivity contribution < 1.29 is 18.9 Å². The first kappa shape index (κ1) is 19.3. The van der Waals surface area contributed by atoms with Gasteiger partial charge >= 0.3 is 0 Å². The van der Waals surface area contributed by atoms with E-state index in [9.17, 15) is 14.0 Å². The van der Waals surface area contributed by atoms with Crippen LogP contribution in [0.3, 0.4) is 0 Å². The Morgan fingerprint density at radius 1 is 1.15 bits per heavy atom. The van der Waals surface area contributed by atoms with Crippen LogP contribution < -0.4 is 10.2 Å². The molecule has 0 spiro atoms. The first-order valence-corrected chi connectivity index (χ1v) is 9.28. The molecule has 1 fully saturated rings. The Bertz CT molecular complexity index is 823. The summed E-state index contributed by atoms with van der Waals surface area (Å²) in [6.07, 6.45) is 0. The third-order valence-corrected chi connectivity index (χ3v) is 5.22. The lowest BCUT2D eigenvalue weighted by atomic mass is 10.1. The van der Waals surface area contributed by atoms with E-state index in [-0.39, 0.29) is 22.9 Å². The molecule has 0 aromatic heterocycles. The Labute approximate surface area is 162 Å². The van der Waals surface area contributed by atoms with E-state index >= 15 is 0 Å². The van der Waals surface area contributed by atoms with E-state index in [1.165, 1.54) is 18.2 Å². The Kier molecular flexibility index (Phi) is 6.08. The van der Waals surface area contributed by atoms with Crippen molar-refractivity contribution in [2.75, 3.05) is 31.5 Å². The van der Waals surface area contributed by atoms with E-state index in [1.54, 1.807) is 0 Å². The van der Waals surface area contributed by atoms with Crippen LogP contribution in [0.2, 0.25) is 5.02 Å². The molecule has 0 bridgehead atoms. The van der Waals surface area contributed by atoms with Crippen LogP contribution in [0.15, 0.2) is 48.5 Å². The molecule has 27 heavy (non-hydrogen) atoms. The molecule has 5 nitrogen and oxygen atoms in total. The Morgan fingerprint density at radius 3 is 2.44 bits per heavy atom. The maximum Gasteiger partial charge on any atom is 0.282 e. The van der Waals surface area contributed by atoms with Crippen molar-refractivity contribution in [3.63, 3.8) is 0 Å². The molecule has 0 radical (unpaired) electrons. The Hall–Kier alpha value is -2.44. The monoisotopic (exact) mass is 390 g/mol. The van der Waals surface area contributed by atoms with Gasteiger partial charge in [-0.3, -0.25) is 9.59 Å². The molecule has 7 heteroatoms. The second-order valence-electron chi connectivity index (χ2n) is 6.65. The minimum Gasteiger partial charge on any atom is -0.327 e. The molecule has 1 atom stereocenters. The highest BCUT2D eigenvalue weighted by molar-refractivity contribution is 6.33. The predicted molar refractivity (Wildman–Crippen MR) is 103 cm³/mol. The highest BCUT2D eigenvalue weighted by Gasteiger charge is 2.31. The van der Waals surface area contributed by atoms with Crippen LogP contribution in [0.1, 0.15) is 17.3 Å².